The average molecular weight is 199 g/mol. The summed E-state index contributed by atoms with van der Waals surface area (Å²) in [5, 5.41) is 8.66. The van der Waals surface area contributed by atoms with E-state index in [1.807, 2.05) is 37.3 Å². The summed E-state index contributed by atoms with van der Waals surface area (Å²) < 4.78 is 0. The summed E-state index contributed by atoms with van der Waals surface area (Å²) in [5.41, 5.74) is 1.08. The molecule has 1 nitrogen and oxygen atoms in total. The van der Waals surface area contributed by atoms with Crippen LogP contribution in [0.4, 0.5) is 0 Å². The van der Waals surface area contributed by atoms with E-state index < -0.39 is 5.06 Å². The Kier molecular flexibility index (Phi) is 3.76. The lowest BCUT2D eigenvalue weighted by atomic mass is 10.0. The molecular formula is C11H15ClO. The molecule has 0 aliphatic carbocycles. The highest BCUT2D eigenvalue weighted by Crippen LogP contribution is 2.23. The summed E-state index contributed by atoms with van der Waals surface area (Å²) in [5.74, 6) is 0. The quantitative estimate of drug-likeness (QED) is 0.738. The third-order valence-corrected chi connectivity index (χ3v) is 2.27. The minimum atomic E-state index is -1.07. The summed E-state index contributed by atoms with van der Waals surface area (Å²) in [6, 6.07) is 9.81. The van der Waals surface area contributed by atoms with Crippen molar-refractivity contribution in [3.63, 3.8) is 0 Å². The number of halogens is 1. The molecule has 0 aromatic heterocycles. The molecule has 0 saturated carbocycles. The Morgan fingerprint density at radius 2 is 1.92 bits per heavy atom. The number of hydrogen-bond acceptors (Lipinski definition) is 1. The Morgan fingerprint density at radius 3 is 2.46 bits per heavy atom. The highest BCUT2D eigenvalue weighted by molar-refractivity contribution is 6.22. The standard InChI is InChI=1S/C11H15ClO/c1-2-8-11(12,13)9-10-6-4-3-5-7-10/h3-7,13H,2,8-9H2,1H3. The van der Waals surface area contributed by atoms with E-state index in [4.69, 9.17) is 11.6 Å². The van der Waals surface area contributed by atoms with E-state index in [0.29, 0.717) is 12.8 Å². The van der Waals surface area contributed by atoms with E-state index in [2.05, 4.69) is 0 Å². The van der Waals surface area contributed by atoms with Gasteiger partial charge in [0.25, 0.3) is 0 Å². The van der Waals surface area contributed by atoms with Crippen molar-refractivity contribution in [1.29, 1.82) is 0 Å². The Bertz CT molecular complexity index is 244. The molecule has 1 N–H and O–H groups in total. The highest BCUT2D eigenvalue weighted by Gasteiger charge is 2.21. The summed E-state index contributed by atoms with van der Waals surface area (Å²) in [6.45, 7) is 2.01. The molecule has 0 amide bonds. The molecule has 0 saturated heterocycles. The fraction of sp³-hybridized carbons (Fsp3) is 0.455. The largest absolute Gasteiger partial charge is 0.375 e. The first kappa shape index (κ1) is 10.6. The van der Waals surface area contributed by atoms with Gasteiger partial charge in [0.15, 0.2) is 0 Å². The van der Waals surface area contributed by atoms with Gasteiger partial charge in [0.2, 0.25) is 0 Å². The maximum Gasteiger partial charge on any atom is 0.142 e. The van der Waals surface area contributed by atoms with Crippen LogP contribution in [0.25, 0.3) is 0 Å². The van der Waals surface area contributed by atoms with Crippen LogP contribution in [0.5, 0.6) is 0 Å². The van der Waals surface area contributed by atoms with Gasteiger partial charge in [-0.2, -0.15) is 0 Å². The molecule has 1 atom stereocenters. The van der Waals surface area contributed by atoms with Crippen LogP contribution < -0.4 is 0 Å². The Hall–Kier alpha value is -0.530. The number of rotatable bonds is 4. The molecule has 2 heteroatoms. The van der Waals surface area contributed by atoms with E-state index >= 15 is 0 Å². The predicted molar refractivity (Wildman–Crippen MR) is 55.9 cm³/mol. The smallest absolute Gasteiger partial charge is 0.142 e. The van der Waals surface area contributed by atoms with Crippen LogP contribution in [0.1, 0.15) is 25.3 Å². The van der Waals surface area contributed by atoms with Crippen molar-refractivity contribution >= 4 is 11.6 Å². The summed E-state index contributed by atoms with van der Waals surface area (Å²) in [4.78, 5) is 0. The lowest BCUT2D eigenvalue weighted by Crippen LogP contribution is -2.23. The van der Waals surface area contributed by atoms with E-state index in [1.165, 1.54) is 0 Å². The predicted octanol–water partition coefficient (Wildman–Crippen LogP) is 2.96. The van der Waals surface area contributed by atoms with Gasteiger partial charge in [0.1, 0.15) is 5.06 Å². The van der Waals surface area contributed by atoms with Crippen LogP contribution in [0.3, 0.4) is 0 Å². The molecule has 0 spiro atoms. The molecule has 0 aliphatic rings. The van der Waals surface area contributed by atoms with Crippen molar-refractivity contribution in [1.82, 2.24) is 0 Å². The topological polar surface area (TPSA) is 20.2 Å². The monoisotopic (exact) mass is 198 g/mol. The molecule has 0 heterocycles. The van der Waals surface area contributed by atoms with Crippen molar-refractivity contribution in [2.75, 3.05) is 0 Å². The van der Waals surface area contributed by atoms with Crippen molar-refractivity contribution < 1.29 is 5.11 Å². The highest BCUT2D eigenvalue weighted by atomic mass is 35.5. The van der Waals surface area contributed by atoms with Crippen LogP contribution in [0, 0.1) is 0 Å². The van der Waals surface area contributed by atoms with Gasteiger partial charge >= 0.3 is 0 Å². The van der Waals surface area contributed by atoms with Crippen molar-refractivity contribution in [3.8, 4) is 0 Å². The molecule has 1 aromatic rings. The van der Waals surface area contributed by atoms with Gasteiger partial charge < -0.3 is 5.11 Å². The second-order valence-corrected chi connectivity index (χ2v) is 4.03. The van der Waals surface area contributed by atoms with Gasteiger partial charge in [0, 0.05) is 6.42 Å². The zero-order valence-corrected chi connectivity index (χ0v) is 8.59. The normalized spacial score (nSPS) is 15.3. The number of hydrogen-bond donors (Lipinski definition) is 1. The van der Waals surface area contributed by atoms with E-state index in [0.717, 1.165) is 12.0 Å². The van der Waals surface area contributed by atoms with Gasteiger partial charge in [0.05, 0.1) is 0 Å². The first-order valence-corrected chi connectivity index (χ1v) is 4.97. The molecule has 0 fully saturated rings. The summed E-state index contributed by atoms with van der Waals surface area (Å²) in [6.07, 6.45) is 2.04. The first-order chi connectivity index (χ1) is 6.14. The van der Waals surface area contributed by atoms with E-state index in [-0.39, 0.29) is 0 Å². The minimum Gasteiger partial charge on any atom is -0.375 e. The average Bonchev–Trinajstić information content (AvgIpc) is 2.04. The van der Waals surface area contributed by atoms with Gasteiger partial charge in [-0.3, -0.25) is 0 Å². The van der Waals surface area contributed by atoms with Crippen LogP contribution in [-0.4, -0.2) is 10.2 Å². The van der Waals surface area contributed by atoms with Crippen molar-refractivity contribution in [2.24, 2.45) is 0 Å². The lowest BCUT2D eigenvalue weighted by molar-refractivity contribution is 0.118. The van der Waals surface area contributed by atoms with Crippen LogP contribution in [0.15, 0.2) is 30.3 Å². The maximum atomic E-state index is 9.73. The van der Waals surface area contributed by atoms with Crippen molar-refractivity contribution in [3.05, 3.63) is 35.9 Å². The lowest BCUT2D eigenvalue weighted by Gasteiger charge is -2.19. The fourth-order valence-corrected chi connectivity index (χ4v) is 1.72. The van der Waals surface area contributed by atoms with E-state index in [1.54, 1.807) is 0 Å². The Balaban J connectivity index is 2.58. The molecule has 72 valence electrons. The molecule has 1 aromatic carbocycles. The third-order valence-electron chi connectivity index (χ3n) is 1.95. The second-order valence-electron chi connectivity index (χ2n) is 3.33. The van der Waals surface area contributed by atoms with Gasteiger partial charge in [-0.15, -0.1) is 0 Å². The van der Waals surface area contributed by atoms with Crippen LogP contribution in [-0.2, 0) is 6.42 Å². The zero-order chi connectivity index (χ0) is 9.73. The second kappa shape index (κ2) is 4.64. The number of aliphatic hydroxyl groups is 1. The molecule has 0 radical (unpaired) electrons. The van der Waals surface area contributed by atoms with Crippen molar-refractivity contribution in [2.45, 2.75) is 31.2 Å². The van der Waals surface area contributed by atoms with Gasteiger partial charge in [-0.05, 0) is 12.0 Å². The van der Waals surface area contributed by atoms with Crippen LogP contribution >= 0.6 is 11.6 Å². The molecular weight excluding hydrogens is 184 g/mol. The van der Waals surface area contributed by atoms with E-state index in [9.17, 15) is 5.11 Å². The minimum absolute atomic E-state index is 0.517. The zero-order valence-electron chi connectivity index (χ0n) is 7.83. The first-order valence-electron chi connectivity index (χ1n) is 4.59. The molecule has 0 bridgehead atoms. The molecule has 1 unspecified atom stereocenters. The van der Waals surface area contributed by atoms with Crippen LogP contribution in [0.2, 0.25) is 0 Å². The maximum absolute atomic E-state index is 9.73. The number of alkyl halides is 1. The molecule has 13 heavy (non-hydrogen) atoms. The van der Waals surface area contributed by atoms with Gasteiger partial charge in [-0.1, -0.05) is 55.3 Å². The Labute approximate surface area is 84.4 Å². The summed E-state index contributed by atoms with van der Waals surface area (Å²) in [7, 11) is 0. The fourth-order valence-electron chi connectivity index (χ4n) is 1.38. The molecule has 0 aliphatic heterocycles. The van der Waals surface area contributed by atoms with Gasteiger partial charge in [-0.25, -0.2) is 0 Å². The third kappa shape index (κ3) is 3.79. The molecule has 1 rings (SSSR count). The SMILES string of the molecule is CCCC(O)(Cl)Cc1ccccc1. The summed E-state index contributed by atoms with van der Waals surface area (Å²) >= 11 is 5.93. The Morgan fingerprint density at radius 1 is 1.31 bits per heavy atom. The number of benzene rings is 1.